The smallest absolute Gasteiger partial charge is 0.253 e. The van der Waals surface area contributed by atoms with Crippen LogP contribution in [0, 0.1) is 0 Å². The van der Waals surface area contributed by atoms with E-state index in [2.05, 4.69) is 27.4 Å². The molecule has 122 valence electrons. The molecule has 0 radical (unpaired) electrons. The van der Waals surface area contributed by atoms with Crippen molar-refractivity contribution in [3.05, 3.63) is 50.5 Å². The summed E-state index contributed by atoms with van der Waals surface area (Å²) in [7, 11) is 0. The third kappa shape index (κ3) is 3.27. The summed E-state index contributed by atoms with van der Waals surface area (Å²) in [5, 5.41) is 6.21. The summed E-state index contributed by atoms with van der Waals surface area (Å²) in [6.45, 7) is 5.42. The Kier molecular flexibility index (Phi) is 4.71. The van der Waals surface area contributed by atoms with E-state index in [0.29, 0.717) is 30.5 Å². The highest BCUT2D eigenvalue weighted by molar-refractivity contribution is 5.73. The third-order valence-corrected chi connectivity index (χ3v) is 4.50. The Labute approximate surface area is 135 Å². The van der Waals surface area contributed by atoms with Gasteiger partial charge in [0.15, 0.2) is 0 Å². The minimum absolute atomic E-state index is 0.390. The molecule has 0 unspecified atom stereocenters. The van der Waals surface area contributed by atoms with Gasteiger partial charge in [0.1, 0.15) is 11.4 Å². The lowest BCUT2D eigenvalue weighted by Crippen LogP contribution is -2.41. The van der Waals surface area contributed by atoms with Gasteiger partial charge >= 0.3 is 0 Å². The number of rotatable bonds is 7. The molecule has 1 aromatic carbocycles. The number of hydrogen-bond acceptors (Lipinski definition) is 6. The van der Waals surface area contributed by atoms with Crippen molar-refractivity contribution in [2.75, 3.05) is 30.3 Å². The zero-order valence-corrected chi connectivity index (χ0v) is 13.3. The van der Waals surface area contributed by atoms with E-state index in [9.17, 15) is 9.59 Å². The van der Waals surface area contributed by atoms with Crippen LogP contribution in [0.1, 0.15) is 25.5 Å². The van der Waals surface area contributed by atoms with Gasteiger partial charge in [-0.15, -0.1) is 0 Å². The van der Waals surface area contributed by atoms with Gasteiger partial charge in [0, 0.05) is 18.8 Å². The first-order valence-corrected chi connectivity index (χ1v) is 8.15. The molecule has 0 aliphatic carbocycles. The molecule has 1 atom stereocenters. The summed E-state index contributed by atoms with van der Waals surface area (Å²) in [6.07, 6.45) is 4.03. The van der Waals surface area contributed by atoms with Crippen LogP contribution in [-0.4, -0.2) is 35.6 Å². The second-order valence-electron chi connectivity index (χ2n) is 5.89. The van der Waals surface area contributed by atoms with Crippen LogP contribution in [0.3, 0.4) is 0 Å². The van der Waals surface area contributed by atoms with Crippen molar-refractivity contribution >= 4 is 11.4 Å². The second kappa shape index (κ2) is 6.91. The van der Waals surface area contributed by atoms with Crippen molar-refractivity contribution in [1.82, 2.24) is 9.88 Å². The molecule has 0 amide bonds. The Hall–Kier alpha value is -2.21. The predicted molar refractivity (Wildman–Crippen MR) is 91.7 cm³/mol. The van der Waals surface area contributed by atoms with Crippen molar-refractivity contribution in [2.24, 2.45) is 0 Å². The molecule has 6 nitrogen and oxygen atoms in total. The normalized spacial score (nSPS) is 18.4. The van der Waals surface area contributed by atoms with Crippen molar-refractivity contribution in [3.63, 3.8) is 0 Å². The number of likely N-dealkylation sites (tertiary alicyclic amines) is 1. The van der Waals surface area contributed by atoms with Crippen LogP contribution in [0.4, 0.5) is 11.4 Å². The van der Waals surface area contributed by atoms with E-state index >= 15 is 0 Å². The van der Waals surface area contributed by atoms with Crippen LogP contribution in [0.15, 0.2) is 34.0 Å². The molecule has 2 heterocycles. The van der Waals surface area contributed by atoms with Gasteiger partial charge in [-0.25, -0.2) is 0 Å². The molecule has 6 heteroatoms. The topological polar surface area (TPSA) is 74.3 Å². The lowest BCUT2D eigenvalue weighted by molar-refractivity contribution is 0.277. The Morgan fingerprint density at radius 3 is 2.70 bits per heavy atom. The summed E-state index contributed by atoms with van der Waals surface area (Å²) < 4.78 is 0. The van der Waals surface area contributed by atoms with Crippen molar-refractivity contribution in [3.8, 4) is 0 Å². The monoisotopic (exact) mass is 314 g/mol. The van der Waals surface area contributed by atoms with Gasteiger partial charge < -0.3 is 10.6 Å². The lowest BCUT2D eigenvalue weighted by atomic mass is 10.1. The zero-order valence-electron chi connectivity index (χ0n) is 13.3. The number of anilines is 2. The Balaban J connectivity index is 1.61. The number of nitrogens with zero attached hydrogens (tertiary/aromatic N) is 2. The maximum Gasteiger partial charge on any atom is 0.253 e. The van der Waals surface area contributed by atoms with E-state index in [-0.39, 0.29) is 0 Å². The van der Waals surface area contributed by atoms with E-state index in [1.807, 2.05) is 18.2 Å². The minimum Gasteiger partial charge on any atom is -0.378 e. The van der Waals surface area contributed by atoms with Gasteiger partial charge in [-0.2, -0.15) is 0 Å². The molecule has 2 N–H and O–H groups in total. The Morgan fingerprint density at radius 2 is 2.00 bits per heavy atom. The van der Waals surface area contributed by atoms with Crippen LogP contribution < -0.4 is 21.5 Å². The maximum absolute atomic E-state index is 11.8. The van der Waals surface area contributed by atoms with Crippen LogP contribution in [0.5, 0.6) is 0 Å². The van der Waals surface area contributed by atoms with E-state index < -0.39 is 10.9 Å². The lowest BCUT2D eigenvalue weighted by Gasteiger charge is -2.24. The molecular weight excluding hydrogens is 292 g/mol. The molecular formula is C17H22N4O2. The molecule has 2 aromatic rings. The first-order valence-electron chi connectivity index (χ1n) is 8.15. The van der Waals surface area contributed by atoms with E-state index in [0.717, 1.165) is 25.2 Å². The predicted octanol–water partition coefficient (Wildman–Crippen LogP) is 1.19. The molecule has 1 aromatic heterocycles. The fourth-order valence-electron chi connectivity index (χ4n) is 3.17. The standard InChI is InChI=1S/C17H22N4O2/c1-2-21-9-5-7-13(21)11-20-15-14(16(22)17(15)23)19-10-12-6-3-4-8-18-12/h3-4,6,8,13,19-20H,2,5,7,9-11H2,1H3/t13-/m1/s1. The molecule has 1 saturated heterocycles. The first-order chi connectivity index (χ1) is 11.2. The third-order valence-electron chi connectivity index (χ3n) is 4.50. The number of hydrogen-bond donors (Lipinski definition) is 2. The molecule has 1 fully saturated rings. The fraction of sp³-hybridized carbons (Fsp3) is 0.471. The summed E-state index contributed by atoms with van der Waals surface area (Å²) in [4.78, 5) is 30.2. The van der Waals surface area contributed by atoms with Gasteiger partial charge in [0.05, 0.1) is 12.2 Å². The van der Waals surface area contributed by atoms with Crippen LogP contribution in [-0.2, 0) is 6.54 Å². The number of likely N-dealkylation sites (N-methyl/N-ethyl adjacent to an activating group) is 1. The molecule has 0 bridgehead atoms. The summed E-state index contributed by atoms with van der Waals surface area (Å²) >= 11 is 0. The summed E-state index contributed by atoms with van der Waals surface area (Å²) in [5.41, 5.74) is 0.784. The van der Waals surface area contributed by atoms with Crippen LogP contribution >= 0.6 is 0 Å². The highest BCUT2D eigenvalue weighted by Crippen LogP contribution is 2.19. The van der Waals surface area contributed by atoms with E-state index in [1.165, 1.54) is 6.42 Å². The average molecular weight is 314 g/mol. The minimum atomic E-state index is -0.442. The van der Waals surface area contributed by atoms with Crippen molar-refractivity contribution in [1.29, 1.82) is 0 Å². The molecule has 3 rings (SSSR count). The first kappa shape index (κ1) is 15.7. The van der Waals surface area contributed by atoms with Crippen molar-refractivity contribution in [2.45, 2.75) is 32.4 Å². The SMILES string of the molecule is CCN1CCC[C@@H]1CNc1c(NCc2ccccn2)c(=O)c1=O. The average Bonchev–Trinajstić information content (AvgIpc) is 3.05. The van der Waals surface area contributed by atoms with Gasteiger partial charge in [-0.1, -0.05) is 13.0 Å². The van der Waals surface area contributed by atoms with Gasteiger partial charge in [-0.3, -0.25) is 19.5 Å². The Bertz CT molecular complexity index is 722. The highest BCUT2D eigenvalue weighted by atomic mass is 16.2. The van der Waals surface area contributed by atoms with Gasteiger partial charge in [0.25, 0.3) is 10.9 Å². The fourth-order valence-corrected chi connectivity index (χ4v) is 3.17. The molecule has 0 saturated carbocycles. The molecule has 23 heavy (non-hydrogen) atoms. The van der Waals surface area contributed by atoms with Crippen LogP contribution in [0.2, 0.25) is 0 Å². The number of pyridine rings is 1. The van der Waals surface area contributed by atoms with E-state index in [4.69, 9.17) is 0 Å². The summed E-state index contributed by atoms with van der Waals surface area (Å²) in [5.74, 6) is 0. The molecule has 0 spiro atoms. The second-order valence-corrected chi connectivity index (χ2v) is 5.89. The maximum atomic E-state index is 11.8. The van der Waals surface area contributed by atoms with Crippen molar-refractivity contribution < 1.29 is 0 Å². The zero-order chi connectivity index (χ0) is 16.2. The summed E-state index contributed by atoms with van der Waals surface area (Å²) in [6, 6.07) is 6.05. The largest absolute Gasteiger partial charge is 0.378 e. The quantitative estimate of drug-likeness (QED) is 0.748. The Morgan fingerprint density at radius 1 is 1.22 bits per heavy atom. The van der Waals surface area contributed by atoms with E-state index in [1.54, 1.807) is 6.20 Å². The van der Waals surface area contributed by atoms with Gasteiger partial charge in [-0.05, 0) is 38.1 Å². The molecule has 1 aliphatic heterocycles. The van der Waals surface area contributed by atoms with Gasteiger partial charge in [0.2, 0.25) is 0 Å². The van der Waals surface area contributed by atoms with Crippen LogP contribution in [0.25, 0.3) is 0 Å². The highest BCUT2D eigenvalue weighted by Gasteiger charge is 2.25. The molecule has 1 aliphatic rings. The number of aromatic nitrogens is 1. The number of nitrogens with one attached hydrogen (secondary N) is 2.